The van der Waals surface area contributed by atoms with E-state index >= 15 is 0 Å². The monoisotopic (exact) mass is 438 g/mol. The number of carbonyl (C=O) groups excluding carboxylic acids is 3. The summed E-state index contributed by atoms with van der Waals surface area (Å²) < 4.78 is 4.87. The third-order valence-electron chi connectivity index (χ3n) is 3.95. The lowest BCUT2D eigenvalue weighted by molar-refractivity contribution is -0.143. The predicted molar refractivity (Wildman–Crippen MR) is 116 cm³/mol. The molecule has 1 N–H and O–H groups in total. The van der Waals surface area contributed by atoms with Crippen LogP contribution in [0.2, 0.25) is 5.02 Å². The smallest absolute Gasteiger partial charge is 0.307 e. The normalized spacial score (nSPS) is 10.2. The molecule has 0 aliphatic carbocycles. The molecule has 0 saturated heterocycles. The minimum atomic E-state index is -0.303. The van der Waals surface area contributed by atoms with Crippen molar-refractivity contribution in [2.45, 2.75) is 13.3 Å². The van der Waals surface area contributed by atoms with Crippen molar-refractivity contribution in [2.75, 3.05) is 32.1 Å². The molecule has 0 saturated carbocycles. The lowest BCUT2D eigenvalue weighted by Crippen LogP contribution is -2.32. The van der Waals surface area contributed by atoms with Crippen LogP contribution in [-0.4, -0.2) is 49.3 Å². The first kappa shape index (κ1) is 24.6. The van der Waals surface area contributed by atoms with Crippen molar-refractivity contribution < 1.29 is 19.1 Å². The quantitative estimate of drug-likeness (QED) is 0.475. The zero-order chi connectivity index (χ0) is 20.5. The summed E-state index contributed by atoms with van der Waals surface area (Å²) in [5, 5.41) is 3.16. The van der Waals surface area contributed by atoms with Crippen LogP contribution in [0.3, 0.4) is 0 Å². The maximum Gasteiger partial charge on any atom is 0.307 e. The molecular formula is C21H24Cl2N2O4. The molecule has 0 aliphatic heterocycles. The third kappa shape index (κ3) is 7.85. The van der Waals surface area contributed by atoms with Crippen LogP contribution < -0.4 is 5.32 Å². The zero-order valence-electron chi connectivity index (χ0n) is 16.3. The van der Waals surface area contributed by atoms with Gasteiger partial charge in [-0.2, -0.15) is 0 Å². The Kier molecular flexibility index (Phi) is 10.4. The molecule has 2 aromatic carbocycles. The summed E-state index contributed by atoms with van der Waals surface area (Å²) in [4.78, 5) is 38.3. The van der Waals surface area contributed by atoms with Gasteiger partial charge in [-0.15, -0.1) is 12.4 Å². The fraction of sp³-hybridized carbons (Fsp3) is 0.286. The Labute approximate surface area is 181 Å². The first-order chi connectivity index (χ1) is 13.4. The largest absolute Gasteiger partial charge is 0.466 e. The van der Waals surface area contributed by atoms with E-state index < -0.39 is 0 Å². The first-order valence-corrected chi connectivity index (χ1v) is 9.31. The molecule has 1 amide bonds. The number of carbonyl (C=O) groups is 3. The lowest BCUT2D eigenvalue weighted by atomic mass is 10.0. The van der Waals surface area contributed by atoms with Gasteiger partial charge in [0, 0.05) is 22.7 Å². The van der Waals surface area contributed by atoms with Crippen molar-refractivity contribution in [1.29, 1.82) is 0 Å². The highest BCUT2D eigenvalue weighted by Crippen LogP contribution is 2.23. The van der Waals surface area contributed by atoms with Gasteiger partial charge in [0.1, 0.15) is 0 Å². The van der Waals surface area contributed by atoms with Crippen LogP contribution >= 0.6 is 24.0 Å². The number of anilines is 1. The first-order valence-electron chi connectivity index (χ1n) is 8.94. The second-order valence-corrected chi connectivity index (χ2v) is 6.66. The Balaban J connectivity index is 0.00000420. The number of halogens is 2. The molecule has 8 heteroatoms. The highest BCUT2D eigenvalue weighted by molar-refractivity contribution is 6.31. The Morgan fingerprint density at radius 1 is 1.10 bits per heavy atom. The molecule has 0 fully saturated rings. The molecular weight excluding hydrogens is 415 g/mol. The van der Waals surface area contributed by atoms with Gasteiger partial charge in [-0.25, -0.2) is 0 Å². The Morgan fingerprint density at radius 2 is 1.79 bits per heavy atom. The van der Waals surface area contributed by atoms with Crippen molar-refractivity contribution in [3.63, 3.8) is 0 Å². The topological polar surface area (TPSA) is 75.7 Å². The number of ether oxygens (including phenoxy) is 1. The SMILES string of the molecule is CCOC(=O)CCN(C)CC(=O)Nc1ccc(Cl)cc1C(=O)c1ccccc1.Cl. The number of hydrogen-bond donors (Lipinski definition) is 1. The maximum atomic E-state index is 12.8. The Hall–Kier alpha value is -2.41. The van der Waals surface area contributed by atoms with Crippen LogP contribution in [0.15, 0.2) is 48.5 Å². The maximum absolute atomic E-state index is 12.8. The fourth-order valence-corrected chi connectivity index (χ4v) is 2.76. The number of nitrogens with zero attached hydrogens (tertiary/aromatic N) is 1. The van der Waals surface area contributed by atoms with Crippen LogP contribution in [0.4, 0.5) is 5.69 Å². The average Bonchev–Trinajstić information content (AvgIpc) is 2.68. The Morgan fingerprint density at radius 3 is 2.45 bits per heavy atom. The van der Waals surface area contributed by atoms with Crippen molar-refractivity contribution >= 4 is 47.4 Å². The second kappa shape index (κ2) is 12.2. The molecule has 6 nitrogen and oxygen atoms in total. The molecule has 0 heterocycles. The average molecular weight is 439 g/mol. The van der Waals surface area contributed by atoms with Crippen LogP contribution in [-0.2, 0) is 14.3 Å². The van der Waals surface area contributed by atoms with Crippen molar-refractivity contribution in [3.8, 4) is 0 Å². The summed E-state index contributed by atoms with van der Waals surface area (Å²) >= 11 is 6.05. The number of benzene rings is 2. The highest BCUT2D eigenvalue weighted by atomic mass is 35.5. The summed E-state index contributed by atoms with van der Waals surface area (Å²) in [6.07, 6.45) is 0.205. The van der Waals surface area contributed by atoms with Crippen molar-refractivity contribution in [1.82, 2.24) is 4.90 Å². The number of amides is 1. The van der Waals surface area contributed by atoms with E-state index in [-0.39, 0.29) is 43.0 Å². The van der Waals surface area contributed by atoms with Gasteiger partial charge in [0.2, 0.25) is 5.91 Å². The Bertz CT molecular complexity index is 844. The molecule has 0 atom stereocenters. The molecule has 0 bridgehead atoms. The van der Waals surface area contributed by atoms with Gasteiger partial charge >= 0.3 is 5.97 Å². The molecule has 0 aromatic heterocycles. The van der Waals surface area contributed by atoms with E-state index in [2.05, 4.69) is 5.32 Å². The number of likely N-dealkylation sites (N-methyl/N-ethyl adjacent to an activating group) is 1. The van der Waals surface area contributed by atoms with Crippen molar-refractivity contribution in [2.24, 2.45) is 0 Å². The summed E-state index contributed by atoms with van der Waals surface area (Å²) in [6, 6.07) is 13.5. The molecule has 0 unspecified atom stereocenters. The number of rotatable bonds is 9. The van der Waals surface area contributed by atoms with Crippen LogP contribution in [0.1, 0.15) is 29.3 Å². The number of hydrogen-bond acceptors (Lipinski definition) is 5. The minimum Gasteiger partial charge on any atom is -0.466 e. The fourth-order valence-electron chi connectivity index (χ4n) is 2.59. The van der Waals surface area contributed by atoms with Gasteiger partial charge in [0.05, 0.1) is 25.3 Å². The van der Waals surface area contributed by atoms with Crippen LogP contribution in [0, 0.1) is 0 Å². The predicted octanol–water partition coefficient (Wildman–Crippen LogP) is 3.82. The molecule has 0 aliphatic rings. The van der Waals surface area contributed by atoms with Crippen molar-refractivity contribution in [3.05, 3.63) is 64.7 Å². The van der Waals surface area contributed by atoms with E-state index in [1.165, 1.54) is 6.07 Å². The van der Waals surface area contributed by atoms with E-state index in [4.69, 9.17) is 16.3 Å². The summed E-state index contributed by atoms with van der Waals surface area (Å²) in [5.41, 5.74) is 1.22. The van der Waals surface area contributed by atoms with Gasteiger partial charge in [-0.1, -0.05) is 41.9 Å². The van der Waals surface area contributed by atoms with Crippen LogP contribution in [0.25, 0.3) is 0 Å². The number of nitrogens with one attached hydrogen (secondary N) is 1. The number of ketones is 1. The van der Waals surface area contributed by atoms with Gasteiger partial charge in [0.25, 0.3) is 0 Å². The lowest BCUT2D eigenvalue weighted by Gasteiger charge is -2.17. The standard InChI is InChI=1S/C21H23ClN2O4.ClH/c1-3-28-20(26)11-12-24(2)14-19(25)23-18-10-9-16(22)13-17(18)21(27)15-7-5-4-6-8-15;/h4-10,13H,3,11-12,14H2,1-2H3,(H,23,25);1H. The molecule has 0 spiro atoms. The number of esters is 1. The van der Waals surface area contributed by atoms with Gasteiger partial charge in [-0.3, -0.25) is 19.3 Å². The molecule has 29 heavy (non-hydrogen) atoms. The van der Waals surface area contributed by atoms with Gasteiger partial charge in [0.15, 0.2) is 5.78 Å². The molecule has 2 aromatic rings. The van der Waals surface area contributed by atoms with E-state index in [9.17, 15) is 14.4 Å². The zero-order valence-corrected chi connectivity index (χ0v) is 17.9. The van der Waals surface area contributed by atoms with Gasteiger partial charge in [-0.05, 0) is 32.2 Å². The highest BCUT2D eigenvalue weighted by Gasteiger charge is 2.17. The van der Waals surface area contributed by atoms with Crippen LogP contribution in [0.5, 0.6) is 0 Å². The summed E-state index contributed by atoms with van der Waals surface area (Å²) in [6.45, 7) is 2.54. The van der Waals surface area contributed by atoms with E-state index in [1.807, 2.05) is 6.07 Å². The summed E-state index contributed by atoms with van der Waals surface area (Å²) in [7, 11) is 1.73. The third-order valence-corrected chi connectivity index (χ3v) is 4.19. The van der Waals surface area contributed by atoms with E-state index in [0.717, 1.165) is 0 Å². The second-order valence-electron chi connectivity index (χ2n) is 6.23. The molecule has 2 rings (SSSR count). The van der Waals surface area contributed by atoms with Gasteiger partial charge < -0.3 is 10.1 Å². The minimum absolute atomic E-state index is 0. The molecule has 156 valence electrons. The summed E-state index contributed by atoms with van der Waals surface area (Å²) in [5.74, 6) is -0.826. The van der Waals surface area contributed by atoms with E-state index in [0.29, 0.717) is 35.0 Å². The van der Waals surface area contributed by atoms with E-state index in [1.54, 1.807) is 55.3 Å². The molecule has 0 radical (unpaired) electrons.